The largest absolute Gasteiger partial charge is 0.269 e. The lowest BCUT2D eigenvalue weighted by Gasteiger charge is -2.41. The van der Waals surface area contributed by atoms with Gasteiger partial charge in [-0.2, -0.15) is 0 Å². The zero-order chi connectivity index (χ0) is 9.35. The zero-order valence-corrected chi connectivity index (χ0v) is 8.80. The Hall–Kier alpha value is -0.0800. The lowest BCUT2D eigenvalue weighted by atomic mass is 9.70. The summed E-state index contributed by atoms with van der Waals surface area (Å²) in [5.74, 6) is 6.61. The minimum atomic E-state index is 0.482. The van der Waals surface area contributed by atoms with E-state index in [1.165, 1.54) is 19.3 Å². The Morgan fingerprint density at radius 2 is 1.92 bits per heavy atom. The van der Waals surface area contributed by atoms with Crippen LogP contribution in [0.2, 0.25) is 0 Å². The van der Waals surface area contributed by atoms with Crippen LogP contribution < -0.4 is 5.84 Å². The maximum absolute atomic E-state index is 5.78. The third kappa shape index (κ3) is 2.46. The van der Waals surface area contributed by atoms with Crippen LogP contribution in [0.15, 0.2) is 0 Å². The SMILES string of the molecule is CC1CC(N(C)N)CC(C)(C)C1. The molecule has 1 saturated carbocycles. The Morgan fingerprint density at radius 3 is 2.33 bits per heavy atom. The average molecular weight is 170 g/mol. The Bertz CT molecular complexity index is 152. The van der Waals surface area contributed by atoms with Crippen molar-refractivity contribution in [3.63, 3.8) is 0 Å². The number of nitrogens with two attached hydrogens (primary N) is 1. The van der Waals surface area contributed by atoms with Crippen LogP contribution in [0.5, 0.6) is 0 Å². The molecule has 1 aliphatic rings. The molecule has 0 amide bonds. The number of nitrogens with zero attached hydrogens (tertiary/aromatic N) is 1. The summed E-state index contributed by atoms with van der Waals surface area (Å²) >= 11 is 0. The number of hydrogen-bond acceptors (Lipinski definition) is 2. The molecule has 0 bridgehead atoms. The van der Waals surface area contributed by atoms with E-state index in [-0.39, 0.29) is 0 Å². The van der Waals surface area contributed by atoms with Crippen LogP contribution in [-0.2, 0) is 0 Å². The topological polar surface area (TPSA) is 29.3 Å². The average Bonchev–Trinajstić information content (AvgIpc) is 1.82. The second-order valence-corrected chi connectivity index (χ2v) is 5.23. The first kappa shape index (κ1) is 10.0. The Morgan fingerprint density at radius 1 is 1.33 bits per heavy atom. The van der Waals surface area contributed by atoms with Gasteiger partial charge in [-0.1, -0.05) is 20.8 Å². The van der Waals surface area contributed by atoms with E-state index >= 15 is 0 Å². The fourth-order valence-corrected chi connectivity index (χ4v) is 2.61. The molecule has 2 atom stereocenters. The highest BCUT2D eigenvalue weighted by atomic mass is 15.4. The Kier molecular flexibility index (Phi) is 2.79. The quantitative estimate of drug-likeness (QED) is 0.482. The van der Waals surface area contributed by atoms with Crippen LogP contribution in [0.3, 0.4) is 0 Å². The van der Waals surface area contributed by atoms with E-state index in [1.54, 1.807) is 0 Å². The summed E-state index contributed by atoms with van der Waals surface area (Å²) in [5, 5.41) is 1.89. The molecule has 1 fully saturated rings. The van der Waals surface area contributed by atoms with Gasteiger partial charge in [0.05, 0.1) is 0 Å². The summed E-state index contributed by atoms with van der Waals surface area (Å²) < 4.78 is 0. The van der Waals surface area contributed by atoms with Gasteiger partial charge in [0.25, 0.3) is 0 Å². The molecular weight excluding hydrogens is 148 g/mol. The molecule has 72 valence electrons. The van der Waals surface area contributed by atoms with Gasteiger partial charge in [0, 0.05) is 13.1 Å². The first-order valence-electron chi connectivity index (χ1n) is 4.88. The first-order valence-corrected chi connectivity index (χ1v) is 4.88. The van der Waals surface area contributed by atoms with Crippen molar-refractivity contribution in [3.05, 3.63) is 0 Å². The Balaban J connectivity index is 2.58. The van der Waals surface area contributed by atoms with Crippen molar-refractivity contribution < 1.29 is 0 Å². The van der Waals surface area contributed by atoms with E-state index in [0.717, 1.165) is 5.92 Å². The van der Waals surface area contributed by atoms with Crippen molar-refractivity contribution in [2.75, 3.05) is 7.05 Å². The Labute approximate surface area is 76.1 Å². The highest BCUT2D eigenvalue weighted by Gasteiger charge is 2.32. The van der Waals surface area contributed by atoms with Crippen LogP contribution in [0.1, 0.15) is 40.0 Å². The van der Waals surface area contributed by atoms with Crippen molar-refractivity contribution in [1.29, 1.82) is 0 Å². The maximum atomic E-state index is 5.78. The second-order valence-electron chi connectivity index (χ2n) is 5.23. The number of rotatable bonds is 1. The van der Waals surface area contributed by atoms with Crippen LogP contribution in [-0.4, -0.2) is 18.1 Å². The number of hydrazine groups is 1. The molecule has 0 spiro atoms. The highest BCUT2D eigenvalue weighted by molar-refractivity contribution is 4.85. The van der Waals surface area contributed by atoms with E-state index in [0.29, 0.717) is 11.5 Å². The molecule has 0 aromatic rings. The molecule has 0 aromatic heterocycles. The van der Waals surface area contributed by atoms with Gasteiger partial charge < -0.3 is 0 Å². The van der Waals surface area contributed by atoms with Gasteiger partial charge in [-0.3, -0.25) is 5.84 Å². The van der Waals surface area contributed by atoms with Crippen LogP contribution >= 0.6 is 0 Å². The smallest absolute Gasteiger partial charge is 0.0245 e. The molecule has 2 unspecified atom stereocenters. The third-order valence-corrected chi connectivity index (χ3v) is 2.94. The molecule has 2 heteroatoms. The minimum absolute atomic E-state index is 0.482. The number of hydrogen-bond donors (Lipinski definition) is 1. The van der Waals surface area contributed by atoms with Crippen molar-refractivity contribution in [2.45, 2.75) is 46.1 Å². The lowest BCUT2D eigenvalue weighted by Crippen LogP contribution is -2.44. The molecule has 1 aliphatic carbocycles. The van der Waals surface area contributed by atoms with Gasteiger partial charge >= 0.3 is 0 Å². The molecule has 0 saturated heterocycles. The monoisotopic (exact) mass is 170 g/mol. The summed E-state index contributed by atoms with van der Waals surface area (Å²) in [4.78, 5) is 0. The first-order chi connectivity index (χ1) is 5.41. The third-order valence-electron chi connectivity index (χ3n) is 2.94. The van der Waals surface area contributed by atoms with Gasteiger partial charge in [-0.25, -0.2) is 5.01 Å². The second kappa shape index (κ2) is 3.35. The van der Waals surface area contributed by atoms with Gasteiger partial charge in [-0.15, -0.1) is 0 Å². The molecular formula is C10H22N2. The van der Waals surface area contributed by atoms with Crippen molar-refractivity contribution in [2.24, 2.45) is 17.2 Å². The lowest BCUT2D eigenvalue weighted by molar-refractivity contribution is 0.0832. The van der Waals surface area contributed by atoms with Gasteiger partial charge in [0.15, 0.2) is 0 Å². The molecule has 1 rings (SSSR count). The summed E-state index contributed by atoms with van der Waals surface area (Å²) in [5.41, 5.74) is 0.482. The van der Waals surface area contributed by atoms with E-state index in [1.807, 2.05) is 12.1 Å². The van der Waals surface area contributed by atoms with Gasteiger partial charge in [-0.05, 0) is 30.6 Å². The summed E-state index contributed by atoms with van der Waals surface area (Å²) in [6, 6.07) is 0.587. The molecule has 2 N–H and O–H groups in total. The van der Waals surface area contributed by atoms with E-state index < -0.39 is 0 Å². The van der Waals surface area contributed by atoms with E-state index in [9.17, 15) is 0 Å². The van der Waals surface area contributed by atoms with Gasteiger partial charge in [0.2, 0.25) is 0 Å². The molecule has 0 aliphatic heterocycles. The molecule has 12 heavy (non-hydrogen) atoms. The normalized spacial score (nSPS) is 35.5. The van der Waals surface area contributed by atoms with E-state index in [4.69, 9.17) is 5.84 Å². The van der Waals surface area contributed by atoms with Crippen LogP contribution in [0.4, 0.5) is 0 Å². The van der Waals surface area contributed by atoms with E-state index in [2.05, 4.69) is 20.8 Å². The minimum Gasteiger partial charge on any atom is -0.269 e. The highest BCUT2D eigenvalue weighted by Crippen LogP contribution is 2.39. The summed E-state index contributed by atoms with van der Waals surface area (Å²) in [6.45, 7) is 7.02. The van der Waals surface area contributed by atoms with Crippen molar-refractivity contribution in [3.8, 4) is 0 Å². The van der Waals surface area contributed by atoms with Crippen LogP contribution in [0, 0.1) is 11.3 Å². The predicted molar refractivity (Wildman–Crippen MR) is 52.5 cm³/mol. The maximum Gasteiger partial charge on any atom is 0.0245 e. The van der Waals surface area contributed by atoms with Crippen molar-refractivity contribution in [1.82, 2.24) is 5.01 Å². The summed E-state index contributed by atoms with van der Waals surface area (Å²) in [6.07, 6.45) is 3.85. The molecule has 0 radical (unpaired) electrons. The summed E-state index contributed by atoms with van der Waals surface area (Å²) in [7, 11) is 1.98. The predicted octanol–water partition coefficient (Wildman–Crippen LogP) is 2.01. The standard InChI is InChI=1S/C10H22N2/c1-8-5-9(12(4)11)7-10(2,3)6-8/h8-9H,5-7,11H2,1-4H3. The molecule has 0 heterocycles. The zero-order valence-electron chi connectivity index (χ0n) is 8.80. The van der Waals surface area contributed by atoms with Crippen molar-refractivity contribution >= 4 is 0 Å². The molecule has 2 nitrogen and oxygen atoms in total. The van der Waals surface area contributed by atoms with Gasteiger partial charge in [0.1, 0.15) is 0 Å². The van der Waals surface area contributed by atoms with Crippen LogP contribution in [0.25, 0.3) is 0 Å². The molecule has 0 aromatic carbocycles. The fraction of sp³-hybridized carbons (Fsp3) is 1.00. The fourth-order valence-electron chi connectivity index (χ4n) is 2.61.